The lowest BCUT2D eigenvalue weighted by Crippen LogP contribution is -2.30. The largest absolute Gasteiger partial charge is 0.516 e. The van der Waals surface area contributed by atoms with Crippen LogP contribution in [0.5, 0.6) is 0 Å². The fourth-order valence-electron chi connectivity index (χ4n) is 4.26. The summed E-state index contributed by atoms with van der Waals surface area (Å²) in [4.78, 5) is 17.4. The fourth-order valence-corrected chi connectivity index (χ4v) is 5.60. The van der Waals surface area contributed by atoms with Crippen molar-refractivity contribution in [3.63, 3.8) is 0 Å². The number of alkyl halides is 3. The van der Waals surface area contributed by atoms with Crippen molar-refractivity contribution in [2.45, 2.75) is 25.4 Å². The number of aryl methyl sites for hydroxylation is 1. The quantitative estimate of drug-likeness (QED) is 0.249. The number of imidazole rings is 1. The zero-order valence-electron chi connectivity index (χ0n) is 20.4. The number of nitrogens with one attached hydrogen (secondary N) is 3. The van der Waals surface area contributed by atoms with Gasteiger partial charge in [0.15, 0.2) is 11.5 Å². The average Bonchev–Trinajstić information content (AvgIpc) is 3.38. The molecule has 4 rings (SSSR count). The van der Waals surface area contributed by atoms with E-state index in [0.717, 1.165) is 0 Å². The summed E-state index contributed by atoms with van der Waals surface area (Å²) in [7, 11) is -2.55. The van der Waals surface area contributed by atoms with E-state index < -0.39 is 15.5 Å². The first-order valence-corrected chi connectivity index (χ1v) is 13.6. The van der Waals surface area contributed by atoms with Gasteiger partial charge in [-0.15, -0.1) is 0 Å². The van der Waals surface area contributed by atoms with Gasteiger partial charge in [0.25, 0.3) is 5.91 Å². The van der Waals surface area contributed by atoms with Gasteiger partial charge in [-0.2, -0.15) is 21.6 Å². The molecule has 0 spiro atoms. The zero-order valence-corrected chi connectivity index (χ0v) is 22.8. The number of sulfonamides is 1. The highest BCUT2D eigenvalue weighted by Crippen LogP contribution is 2.48. The van der Waals surface area contributed by atoms with Gasteiger partial charge in [-0.25, -0.2) is 4.98 Å². The van der Waals surface area contributed by atoms with E-state index in [1.807, 2.05) is 6.92 Å². The van der Waals surface area contributed by atoms with Crippen molar-refractivity contribution in [3.8, 4) is 22.3 Å². The number of anilines is 2. The maximum atomic E-state index is 13.2. The fraction of sp³-hybridized carbons (Fsp3) is 0.250. The Hall–Kier alpha value is -3.52. The Morgan fingerprint density at radius 1 is 1.13 bits per heavy atom. The van der Waals surface area contributed by atoms with Crippen molar-refractivity contribution in [2.75, 3.05) is 24.1 Å². The van der Waals surface area contributed by atoms with Crippen LogP contribution >= 0.6 is 15.9 Å². The topological polar surface area (TPSA) is 118 Å². The van der Waals surface area contributed by atoms with E-state index in [2.05, 4.69) is 31.5 Å². The number of para-hydroxylation sites is 1. The summed E-state index contributed by atoms with van der Waals surface area (Å²) in [6.45, 7) is 1.98. The lowest BCUT2D eigenvalue weighted by atomic mass is 10.0. The molecule has 2 heterocycles. The van der Waals surface area contributed by atoms with Crippen LogP contribution in [0.2, 0.25) is 0 Å². The van der Waals surface area contributed by atoms with Crippen LogP contribution in [0.3, 0.4) is 0 Å². The van der Waals surface area contributed by atoms with Crippen molar-refractivity contribution >= 4 is 43.4 Å². The molecule has 0 bridgehead atoms. The maximum absolute atomic E-state index is 13.2. The third-order valence-corrected chi connectivity index (χ3v) is 7.90. The first-order valence-electron chi connectivity index (χ1n) is 11.3. The van der Waals surface area contributed by atoms with Gasteiger partial charge >= 0.3 is 15.5 Å². The lowest BCUT2D eigenvalue weighted by molar-refractivity contribution is -0.0429. The molecule has 0 atom stereocenters. The van der Waals surface area contributed by atoms with Gasteiger partial charge in [0.2, 0.25) is 0 Å². The molecule has 1 aliphatic carbocycles. The highest BCUT2D eigenvalue weighted by Gasteiger charge is 2.46. The molecule has 14 heteroatoms. The van der Waals surface area contributed by atoms with E-state index in [0.29, 0.717) is 44.8 Å². The number of halogens is 4. The summed E-state index contributed by atoms with van der Waals surface area (Å²) in [6.07, 6.45) is 3.41. The first kappa shape index (κ1) is 27.5. The maximum Gasteiger partial charge on any atom is 0.516 e. The number of aromatic nitrogens is 2. The molecule has 1 aliphatic heterocycles. The summed E-state index contributed by atoms with van der Waals surface area (Å²) in [5.74, 6) is 0.577. The Labute approximate surface area is 225 Å². The van der Waals surface area contributed by atoms with E-state index >= 15 is 0 Å². The molecule has 0 saturated carbocycles. The predicted molar refractivity (Wildman–Crippen MR) is 141 cm³/mol. The molecule has 1 aromatic carbocycles. The molecule has 3 N–H and O–H groups in total. The molecule has 202 valence electrons. The molecule has 0 radical (unpaired) electrons. The van der Waals surface area contributed by atoms with Crippen molar-refractivity contribution in [1.29, 1.82) is 0 Å². The second-order valence-electron chi connectivity index (χ2n) is 8.14. The van der Waals surface area contributed by atoms with E-state index in [1.54, 1.807) is 28.5 Å². The molecular weight excluding hydrogens is 591 g/mol. The molecule has 0 unspecified atom stereocenters. The smallest absolute Gasteiger partial charge is 0.472 e. The van der Waals surface area contributed by atoms with E-state index in [-0.39, 0.29) is 29.4 Å². The number of carbonyl (C=O) groups is 1. The standard InChI is InChI=1S/C24H23BrF3N5O4S/c1-4-18-31-22(29-2)21(23(34)30-3)33(18)11-15-13-9-10-37-12-16(13)20(25)19(15)14-7-5-6-8-17(14)32-38(35,36)24(26,27)28/h5-10,12,29,32H,4,11H2,1-3H3,(H,30,34). The van der Waals surface area contributed by atoms with Crippen LogP contribution in [0.4, 0.5) is 24.7 Å². The van der Waals surface area contributed by atoms with Gasteiger partial charge in [-0.1, -0.05) is 25.1 Å². The van der Waals surface area contributed by atoms with Crippen LogP contribution in [-0.4, -0.2) is 43.5 Å². The third-order valence-electron chi connectivity index (χ3n) is 5.98. The number of rotatable bonds is 8. The number of amides is 1. The van der Waals surface area contributed by atoms with Crippen LogP contribution in [0.25, 0.3) is 22.3 Å². The minimum absolute atomic E-state index is 0.0996. The SMILES string of the molecule is CCc1nc(NC)c(C(=O)NC)n1Cc1c2ccocc-2c(Br)c1-c1ccccc1NS(=O)(=O)C(F)(F)F. The highest BCUT2D eigenvalue weighted by molar-refractivity contribution is 9.10. The molecule has 2 aliphatic rings. The van der Waals surface area contributed by atoms with E-state index in [1.165, 1.54) is 37.8 Å². The molecule has 0 fully saturated rings. The second kappa shape index (κ2) is 10.3. The van der Waals surface area contributed by atoms with Crippen molar-refractivity contribution in [1.82, 2.24) is 14.9 Å². The van der Waals surface area contributed by atoms with Crippen molar-refractivity contribution in [2.24, 2.45) is 0 Å². The monoisotopic (exact) mass is 613 g/mol. The Balaban J connectivity index is 1.99. The van der Waals surface area contributed by atoms with Gasteiger partial charge in [0.1, 0.15) is 5.82 Å². The van der Waals surface area contributed by atoms with Crippen molar-refractivity contribution < 1.29 is 30.8 Å². The second-order valence-corrected chi connectivity index (χ2v) is 10.6. The van der Waals surface area contributed by atoms with Gasteiger partial charge in [-0.3, -0.25) is 9.52 Å². The highest BCUT2D eigenvalue weighted by atomic mass is 79.9. The van der Waals surface area contributed by atoms with Crippen molar-refractivity contribution in [3.05, 3.63) is 64.4 Å². The van der Waals surface area contributed by atoms with Gasteiger partial charge < -0.3 is 19.6 Å². The molecular formula is C24H23BrF3N5O4S. The number of hydrogen-bond donors (Lipinski definition) is 3. The number of carbonyl (C=O) groups excluding carboxylic acids is 1. The molecule has 1 amide bonds. The zero-order chi connectivity index (χ0) is 27.8. The average molecular weight is 614 g/mol. The Morgan fingerprint density at radius 2 is 1.84 bits per heavy atom. The molecule has 1 aromatic heterocycles. The molecule has 0 saturated heterocycles. The van der Waals surface area contributed by atoms with Crippen LogP contribution in [0, 0.1) is 0 Å². The number of hydrogen-bond acceptors (Lipinski definition) is 6. The lowest BCUT2D eigenvalue weighted by Gasteiger charge is -2.17. The van der Waals surface area contributed by atoms with Crippen LogP contribution in [0.1, 0.15) is 28.8 Å². The van der Waals surface area contributed by atoms with Crippen LogP contribution in [-0.2, 0) is 23.0 Å². The van der Waals surface area contributed by atoms with Gasteiger partial charge in [-0.05, 0) is 39.2 Å². The minimum atomic E-state index is -5.69. The van der Waals surface area contributed by atoms with Crippen LogP contribution in [0.15, 0.2) is 51.7 Å². The molecule has 9 nitrogen and oxygen atoms in total. The molecule has 2 aromatic rings. The third kappa shape index (κ3) is 4.73. The van der Waals surface area contributed by atoms with Gasteiger partial charge in [0.05, 0.1) is 24.8 Å². The molecule has 38 heavy (non-hydrogen) atoms. The first-order chi connectivity index (χ1) is 17.9. The minimum Gasteiger partial charge on any atom is -0.472 e. The summed E-state index contributed by atoms with van der Waals surface area (Å²) in [5.41, 5.74) is -2.94. The normalized spacial score (nSPS) is 12.1. The summed E-state index contributed by atoms with van der Waals surface area (Å²) in [5, 5.41) is 5.54. The van der Waals surface area contributed by atoms with E-state index in [4.69, 9.17) is 4.42 Å². The Morgan fingerprint density at radius 3 is 2.47 bits per heavy atom. The Kier molecular flexibility index (Phi) is 7.48. The number of fused-ring (bicyclic) bond motifs is 1. The number of nitrogens with zero attached hydrogens (tertiary/aromatic N) is 2. The van der Waals surface area contributed by atoms with E-state index in [9.17, 15) is 26.4 Å². The van der Waals surface area contributed by atoms with Gasteiger partial charge in [0, 0.05) is 41.7 Å². The summed E-state index contributed by atoms with van der Waals surface area (Å²) < 4.78 is 72.8. The summed E-state index contributed by atoms with van der Waals surface area (Å²) >= 11 is 3.55. The van der Waals surface area contributed by atoms with Crippen LogP contribution < -0.4 is 15.4 Å². The number of benzene rings is 1. The summed E-state index contributed by atoms with van der Waals surface area (Å²) in [6, 6.07) is 7.48. The predicted octanol–water partition coefficient (Wildman–Crippen LogP) is 5.28. The Bertz CT molecular complexity index is 1580.